The molecule has 19 heavy (non-hydrogen) atoms. The highest BCUT2D eigenvalue weighted by Crippen LogP contribution is 2.48. The molecule has 3 heteroatoms. The molecule has 2 saturated carbocycles. The molecule has 1 atom stereocenters. The van der Waals surface area contributed by atoms with Crippen molar-refractivity contribution in [2.24, 2.45) is 23.0 Å². The van der Waals surface area contributed by atoms with Gasteiger partial charge in [-0.1, -0.05) is 13.8 Å². The van der Waals surface area contributed by atoms with Crippen molar-refractivity contribution in [1.82, 2.24) is 4.90 Å². The highest BCUT2D eigenvalue weighted by atomic mass is 32.2. The van der Waals surface area contributed by atoms with E-state index >= 15 is 0 Å². The summed E-state index contributed by atoms with van der Waals surface area (Å²) in [5, 5.41) is 0. The molecule has 2 N–H and O–H groups in total. The fourth-order valence-corrected chi connectivity index (χ4v) is 5.46. The third-order valence-electron chi connectivity index (χ3n) is 5.77. The molecule has 110 valence electrons. The van der Waals surface area contributed by atoms with E-state index in [0.29, 0.717) is 5.41 Å². The lowest BCUT2D eigenvalue weighted by Crippen LogP contribution is -2.66. The maximum absolute atomic E-state index is 6.35. The molecule has 3 rings (SSSR count). The molecule has 0 aromatic carbocycles. The van der Waals surface area contributed by atoms with Gasteiger partial charge < -0.3 is 5.73 Å². The van der Waals surface area contributed by atoms with E-state index in [1.807, 2.05) is 0 Å². The summed E-state index contributed by atoms with van der Waals surface area (Å²) in [4.78, 5) is 2.84. The molecule has 1 unspecified atom stereocenters. The predicted octanol–water partition coefficient (Wildman–Crippen LogP) is 2.97. The van der Waals surface area contributed by atoms with E-state index in [2.05, 4.69) is 30.5 Å². The zero-order valence-electron chi connectivity index (χ0n) is 12.7. The summed E-state index contributed by atoms with van der Waals surface area (Å²) in [6.07, 6.45) is 7.14. The van der Waals surface area contributed by atoms with Crippen LogP contribution in [0.15, 0.2) is 0 Å². The second-order valence-corrected chi connectivity index (χ2v) is 8.82. The molecule has 1 heterocycles. The predicted molar refractivity (Wildman–Crippen MR) is 84.5 cm³/mol. The van der Waals surface area contributed by atoms with E-state index in [0.717, 1.165) is 18.4 Å². The first-order valence-corrected chi connectivity index (χ1v) is 9.26. The molecular weight excluding hydrogens is 252 g/mol. The van der Waals surface area contributed by atoms with Crippen molar-refractivity contribution in [3.8, 4) is 0 Å². The minimum absolute atomic E-state index is 0.251. The maximum atomic E-state index is 6.35. The summed E-state index contributed by atoms with van der Waals surface area (Å²) in [6.45, 7) is 8.40. The monoisotopic (exact) mass is 282 g/mol. The van der Waals surface area contributed by atoms with Gasteiger partial charge in [0.2, 0.25) is 0 Å². The number of hydrogen-bond acceptors (Lipinski definition) is 3. The number of thioether (sulfide) groups is 1. The molecule has 0 bridgehead atoms. The molecule has 1 aliphatic heterocycles. The van der Waals surface area contributed by atoms with E-state index in [9.17, 15) is 0 Å². The fourth-order valence-electron chi connectivity index (χ4n) is 3.63. The van der Waals surface area contributed by atoms with Gasteiger partial charge in [-0.2, -0.15) is 11.8 Å². The van der Waals surface area contributed by atoms with Crippen LogP contribution in [0.3, 0.4) is 0 Å². The number of nitrogens with two attached hydrogens (primary N) is 1. The Hall–Kier alpha value is 0.270. The molecular formula is C16H30N2S. The second-order valence-electron chi connectivity index (χ2n) is 7.71. The van der Waals surface area contributed by atoms with E-state index in [-0.39, 0.29) is 5.54 Å². The molecule has 2 nitrogen and oxygen atoms in total. The lowest BCUT2D eigenvalue weighted by Gasteiger charge is -2.56. The molecule has 0 aromatic heterocycles. The molecule has 0 aromatic rings. The Balaban J connectivity index is 1.81. The first-order valence-electron chi connectivity index (χ1n) is 8.10. The zero-order chi connectivity index (χ0) is 13.5. The number of rotatable bonds is 6. The Morgan fingerprint density at radius 3 is 2.11 bits per heavy atom. The summed E-state index contributed by atoms with van der Waals surface area (Å²) in [5.41, 5.74) is 6.97. The van der Waals surface area contributed by atoms with Crippen molar-refractivity contribution in [3.05, 3.63) is 0 Å². The SMILES string of the molecule is CC1(C)CCSCC1(CN)N(CC1CC1)CC1CC1. The topological polar surface area (TPSA) is 29.3 Å². The van der Waals surface area contributed by atoms with Crippen molar-refractivity contribution >= 4 is 11.8 Å². The Kier molecular flexibility index (Phi) is 3.92. The van der Waals surface area contributed by atoms with Crippen LogP contribution in [-0.4, -0.2) is 41.6 Å². The van der Waals surface area contributed by atoms with Crippen molar-refractivity contribution in [3.63, 3.8) is 0 Å². The van der Waals surface area contributed by atoms with Crippen LogP contribution in [0.2, 0.25) is 0 Å². The van der Waals surface area contributed by atoms with Gasteiger partial charge in [0.1, 0.15) is 0 Å². The Labute approximate surface area is 122 Å². The highest BCUT2D eigenvalue weighted by molar-refractivity contribution is 7.99. The third kappa shape index (κ3) is 2.84. The first-order chi connectivity index (χ1) is 9.07. The van der Waals surface area contributed by atoms with Crippen LogP contribution >= 0.6 is 11.8 Å². The quantitative estimate of drug-likeness (QED) is 0.812. The van der Waals surface area contributed by atoms with Gasteiger partial charge in [0.15, 0.2) is 0 Å². The summed E-state index contributed by atoms with van der Waals surface area (Å²) < 4.78 is 0. The molecule has 3 fully saturated rings. The summed E-state index contributed by atoms with van der Waals surface area (Å²) in [7, 11) is 0. The number of nitrogens with zero attached hydrogens (tertiary/aromatic N) is 1. The Bertz CT molecular complexity index is 309. The Morgan fingerprint density at radius 2 is 1.68 bits per heavy atom. The van der Waals surface area contributed by atoms with Crippen molar-refractivity contribution < 1.29 is 0 Å². The second kappa shape index (κ2) is 5.23. The smallest absolute Gasteiger partial charge is 0.0473 e. The molecule has 0 amide bonds. The van der Waals surface area contributed by atoms with E-state index < -0.39 is 0 Å². The normalized spacial score (nSPS) is 34.7. The molecule has 0 spiro atoms. The average molecular weight is 282 g/mol. The molecule has 0 radical (unpaired) electrons. The van der Waals surface area contributed by atoms with Crippen LogP contribution in [0.5, 0.6) is 0 Å². The minimum atomic E-state index is 0.251. The van der Waals surface area contributed by atoms with Gasteiger partial charge in [0.05, 0.1) is 0 Å². The van der Waals surface area contributed by atoms with Crippen LogP contribution in [0, 0.1) is 17.3 Å². The summed E-state index contributed by atoms with van der Waals surface area (Å²) in [5.74, 6) is 4.51. The standard InChI is InChI=1S/C16H30N2S/c1-15(2)7-8-19-12-16(15,11-17)18(9-13-3-4-13)10-14-5-6-14/h13-14H,3-12,17H2,1-2H3. The van der Waals surface area contributed by atoms with Gasteiger partial charge in [-0.25, -0.2) is 0 Å². The molecule has 3 aliphatic rings. The van der Waals surface area contributed by atoms with Gasteiger partial charge in [0, 0.05) is 30.9 Å². The minimum Gasteiger partial charge on any atom is -0.329 e. The zero-order valence-corrected chi connectivity index (χ0v) is 13.5. The number of hydrogen-bond donors (Lipinski definition) is 1. The largest absolute Gasteiger partial charge is 0.329 e. The van der Waals surface area contributed by atoms with Crippen molar-refractivity contribution in [1.29, 1.82) is 0 Å². The first kappa shape index (κ1) is 14.2. The van der Waals surface area contributed by atoms with Crippen molar-refractivity contribution in [2.75, 3.05) is 31.1 Å². The van der Waals surface area contributed by atoms with E-state index in [1.54, 1.807) is 0 Å². The van der Waals surface area contributed by atoms with Crippen molar-refractivity contribution in [2.45, 2.75) is 51.5 Å². The van der Waals surface area contributed by atoms with E-state index in [4.69, 9.17) is 5.73 Å². The van der Waals surface area contributed by atoms with Gasteiger partial charge >= 0.3 is 0 Å². The van der Waals surface area contributed by atoms with Gasteiger partial charge in [0.25, 0.3) is 0 Å². The van der Waals surface area contributed by atoms with Gasteiger partial charge in [-0.05, 0) is 55.1 Å². The lowest BCUT2D eigenvalue weighted by atomic mass is 9.69. The highest BCUT2D eigenvalue weighted by Gasteiger charge is 2.51. The molecule has 2 aliphatic carbocycles. The van der Waals surface area contributed by atoms with Crippen LogP contribution in [0.4, 0.5) is 0 Å². The molecule has 1 saturated heterocycles. The summed E-state index contributed by atoms with van der Waals surface area (Å²) >= 11 is 2.13. The summed E-state index contributed by atoms with van der Waals surface area (Å²) in [6, 6.07) is 0. The van der Waals surface area contributed by atoms with E-state index in [1.165, 1.54) is 56.7 Å². The van der Waals surface area contributed by atoms with Gasteiger partial charge in [-0.15, -0.1) is 0 Å². The average Bonchev–Trinajstić information content (AvgIpc) is 3.23. The van der Waals surface area contributed by atoms with Crippen LogP contribution in [0.25, 0.3) is 0 Å². The Morgan fingerprint density at radius 1 is 1.11 bits per heavy atom. The van der Waals surface area contributed by atoms with Crippen LogP contribution in [0.1, 0.15) is 46.0 Å². The lowest BCUT2D eigenvalue weighted by molar-refractivity contribution is -0.00511. The van der Waals surface area contributed by atoms with Crippen LogP contribution < -0.4 is 5.73 Å². The fraction of sp³-hybridized carbons (Fsp3) is 1.00. The third-order valence-corrected chi connectivity index (χ3v) is 6.94. The maximum Gasteiger partial charge on any atom is 0.0473 e. The van der Waals surface area contributed by atoms with Gasteiger partial charge in [-0.3, -0.25) is 4.90 Å². The van der Waals surface area contributed by atoms with Crippen LogP contribution in [-0.2, 0) is 0 Å².